The smallest absolute Gasteiger partial charge is 0.855 e. The molecule has 0 saturated heterocycles. The molecule has 1 rings (SSSR count). The molecule has 0 atom stereocenters. The molecule has 0 unspecified atom stereocenters. The summed E-state index contributed by atoms with van der Waals surface area (Å²) in [7, 11) is -3.85. The molecule has 0 aliphatic carbocycles. The molecule has 1 aromatic rings. The van der Waals surface area contributed by atoms with Crippen LogP contribution in [0.3, 0.4) is 0 Å². The van der Waals surface area contributed by atoms with Crippen molar-refractivity contribution in [3.8, 4) is 0 Å². The molecule has 8 heteroatoms. The third kappa shape index (κ3) is 2.48. The Hall–Kier alpha value is -0.356. The summed E-state index contributed by atoms with van der Waals surface area (Å²) in [6.45, 7) is 1.90. The third-order valence-electron chi connectivity index (χ3n) is 1.81. The molecule has 1 aromatic carbocycles. The Kier molecular flexibility index (Phi) is 4.77. The van der Waals surface area contributed by atoms with E-state index in [0.29, 0.717) is 0 Å². The molecule has 0 heterocycles. The van der Waals surface area contributed by atoms with Crippen LogP contribution in [0, 0.1) is 29.1 Å². The van der Waals surface area contributed by atoms with Gasteiger partial charge in [-0.1, -0.05) is 13.1 Å². The second-order valence-electron chi connectivity index (χ2n) is 3.46. The second kappa shape index (κ2) is 4.88. The van der Waals surface area contributed by atoms with Crippen LogP contribution in [0.5, 0.6) is 0 Å². The molecule has 0 amide bonds. The Bertz CT molecular complexity index is 389. The number of benzene rings is 1. The summed E-state index contributed by atoms with van der Waals surface area (Å²) in [6, 6.07) is 0. The zero-order valence-electron chi connectivity index (χ0n) is 8.80. The molecule has 1 nitrogen and oxygen atoms in total. The van der Waals surface area contributed by atoms with E-state index in [1.54, 1.807) is 0 Å². The Morgan fingerprint density at radius 1 is 0.750 bits per heavy atom. The minimum Gasteiger partial charge on any atom is -0.855 e. The maximum Gasteiger partial charge on any atom is 1.00 e. The number of rotatable bonds is 1. The van der Waals surface area contributed by atoms with Gasteiger partial charge in [0.25, 0.3) is 0 Å². The summed E-state index contributed by atoms with van der Waals surface area (Å²) in [5.74, 6) is -10.4. The summed E-state index contributed by atoms with van der Waals surface area (Å²) in [5, 5.41) is -1.21. The Morgan fingerprint density at radius 3 is 1.25 bits per heavy atom. The fraction of sp³-hybridized carbons (Fsp3) is 0.250. The van der Waals surface area contributed by atoms with Crippen molar-refractivity contribution < 1.29 is 45.6 Å². The van der Waals surface area contributed by atoms with Gasteiger partial charge in [-0.3, -0.25) is 0 Å². The minimum absolute atomic E-state index is 0. The molecular formula is C8H6F5LiOSi. The first-order valence-electron chi connectivity index (χ1n) is 3.90. The van der Waals surface area contributed by atoms with Crippen molar-refractivity contribution >= 4 is 13.5 Å². The van der Waals surface area contributed by atoms with E-state index < -0.39 is 42.6 Å². The van der Waals surface area contributed by atoms with E-state index in [0.717, 1.165) is 13.1 Å². The van der Waals surface area contributed by atoms with Gasteiger partial charge in [0.2, 0.25) is 5.82 Å². The van der Waals surface area contributed by atoms with Crippen LogP contribution in [0.15, 0.2) is 0 Å². The van der Waals surface area contributed by atoms with E-state index in [2.05, 4.69) is 0 Å². The molecule has 0 bridgehead atoms. The summed E-state index contributed by atoms with van der Waals surface area (Å²) in [6.07, 6.45) is 0. The number of halogens is 5. The van der Waals surface area contributed by atoms with Crippen molar-refractivity contribution in [3.05, 3.63) is 29.1 Å². The fourth-order valence-corrected chi connectivity index (χ4v) is 2.41. The maximum atomic E-state index is 13.0. The van der Waals surface area contributed by atoms with Crippen LogP contribution in [0.2, 0.25) is 13.1 Å². The molecule has 0 aliphatic heterocycles. The summed E-state index contributed by atoms with van der Waals surface area (Å²) < 4.78 is 63.9. The summed E-state index contributed by atoms with van der Waals surface area (Å²) in [5.41, 5.74) is 0. The van der Waals surface area contributed by atoms with Crippen molar-refractivity contribution in [1.29, 1.82) is 0 Å². The van der Waals surface area contributed by atoms with Crippen LogP contribution in [0.25, 0.3) is 0 Å². The first-order valence-corrected chi connectivity index (χ1v) is 6.81. The van der Waals surface area contributed by atoms with Crippen molar-refractivity contribution in [2.45, 2.75) is 13.1 Å². The monoisotopic (exact) mass is 248 g/mol. The molecule has 16 heavy (non-hydrogen) atoms. The maximum absolute atomic E-state index is 13.0. The van der Waals surface area contributed by atoms with Crippen molar-refractivity contribution in [2.75, 3.05) is 0 Å². The van der Waals surface area contributed by atoms with Gasteiger partial charge in [-0.25, -0.2) is 22.0 Å². The van der Waals surface area contributed by atoms with Crippen LogP contribution >= 0.6 is 0 Å². The SMILES string of the molecule is C[Si](C)([O-])c1c(F)c(F)c(F)c(F)c1F.[Li+]. The van der Waals surface area contributed by atoms with Gasteiger partial charge in [-0.2, -0.15) is 0 Å². The Balaban J connectivity index is 0.00000225. The van der Waals surface area contributed by atoms with Crippen LogP contribution in [0.4, 0.5) is 22.0 Å². The zero-order valence-corrected chi connectivity index (χ0v) is 9.80. The average Bonchev–Trinajstić information content (AvgIpc) is 2.09. The molecule has 0 aromatic heterocycles. The molecule has 0 spiro atoms. The zero-order chi connectivity index (χ0) is 12.0. The number of hydrogen-bond donors (Lipinski definition) is 0. The van der Waals surface area contributed by atoms with Gasteiger partial charge in [-0.15, -0.1) is 0 Å². The van der Waals surface area contributed by atoms with E-state index in [-0.39, 0.29) is 18.9 Å². The predicted octanol–water partition coefficient (Wildman–Crippen LogP) is -1.84. The minimum atomic E-state index is -3.85. The van der Waals surface area contributed by atoms with Gasteiger partial charge in [-0.05, 0) is 13.5 Å². The molecule has 0 fully saturated rings. The molecule has 0 N–H and O–H groups in total. The molecule has 0 radical (unpaired) electrons. The average molecular weight is 248 g/mol. The van der Waals surface area contributed by atoms with E-state index in [4.69, 9.17) is 0 Å². The van der Waals surface area contributed by atoms with Crippen LogP contribution < -0.4 is 28.8 Å². The predicted molar refractivity (Wildman–Crippen MR) is 43.3 cm³/mol. The third-order valence-corrected chi connectivity index (χ3v) is 3.45. The van der Waals surface area contributed by atoms with Gasteiger partial charge in [0.15, 0.2) is 23.3 Å². The van der Waals surface area contributed by atoms with E-state index in [9.17, 15) is 26.7 Å². The molecule has 0 aliphatic rings. The largest absolute Gasteiger partial charge is 1.00 e. The topological polar surface area (TPSA) is 23.1 Å². The van der Waals surface area contributed by atoms with Crippen molar-refractivity contribution in [3.63, 3.8) is 0 Å². The molecule has 0 saturated carbocycles. The standard InChI is InChI=1S/C8H6F5OSi.Li/c1-15(2,14)8-6(12)4(10)3(9)5(11)7(8)13;/h1-2H3;/q-1;+1. The first kappa shape index (κ1) is 15.6. The van der Waals surface area contributed by atoms with E-state index in [1.165, 1.54) is 0 Å². The van der Waals surface area contributed by atoms with Crippen LogP contribution in [0.1, 0.15) is 0 Å². The van der Waals surface area contributed by atoms with Gasteiger partial charge in [0, 0.05) is 0 Å². The fourth-order valence-electron chi connectivity index (χ4n) is 1.13. The van der Waals surface area contributed by atoms with Crippen molar-refractivity contribution in [1.82, 2.24) is 0 Å². The van der Waals surface area contributed by atoms with E-state index >= 15 is 0 Å². The van der Waals surface area contributed by atoms with Crippen LogP contribution in [-0.2, 0) is 0 Å². The van der Waals surface area contributed by atoms with Gasteiger partial charge in [0.1, 0.15) is 0 Å². The summed E-state index contributed by atoms with van der Waals surface area (Å²) >= 11 is 0. The van der Waals surface area contributed by atoms with Crippen LogP contribution in [-0.4, -0.2) is 8.32 Å². The Labute approximate surface area is 102 Å². The summed E-state index contributed by atoms with van der Waals surface area (Å²) in [4.78, 5) is 11.4. The quantitative estimate of drug-likeness (QED) is 0.248. The van der Waals surface area contributed by atoms with Gasteiger partial charge >= 0.3 is 18.9 Å². The first-order chi connectivity index (χ1) is 6.68. The van der Waals surface area contributed by atoms with E-state index in [1.807, 2.05) is 0 Å². The number of hydrogen-bond acceptors (Lipinski definition) is 1. The molecular weight excluding hydrogens is 242 g/mol. The normalized spacial score (nSPS) is 11.2. The van der Waals surface area contributed by atoms with Gasteiger partial charge in [0.05, 0.1) is 0 Å². The second-order valence-corrected chi connectivity index (χ2v) is 6.98. The Morgan fingerprint density at radius 2 is 1.00 bits per heavy atom. The van der Waals surface area contributed by atoms with Crippen molar-refractivity contribution in [2.24, 2.45) is 0 Å². The molecule has 84 valence electrons. The van der Waals surface area contributed by atoms with Gasteiger partial charge < -0.3 is 4.80 Å².